The molecule has 0 amide bonds. The summed E-state index contributed by atoms with van der Waals surface area (Å²) in [5, 5.41) is 0. The summed E-state index contributed by atoms with van der Waals surface area (Å²) in [7, 11) is 0. The molecule has 0 aromatic heterocycles. The molecule has 1 aromatic carbocycles. The van der Waals surface area contributed by atoms with Crippen molar-refractivity contribution in [3.05, 3.63) is 30.3 Å². The average molecular weight is 176 g/mol. The van der Waals surface area contributed by atoms with Gasteiger partial charge in [-0.25, -0.2) is 0 Å². The van der Waals surface area contributed by atoms with E-state index >= 15 is 0 Å². The van der Waals surface area contributed by atoms with Crippen molar-refractivity contribution in [3.8, 4) is 0 Å². The van der Waals surface area contributed by atoms with Crippen LogP contribution in [0.25, 0.3) is 0 Å². The number of benzene rings is 1. The maximum absolute atomic E-state index is 3.05. The summed E-state index contributed by atoms with van der Waals surface area (Å²) in [5.74, 6) is 0. The van der Waals surface area contributed by atoms with Gasteiger partial charge in [-0.1, -0.05) is 26.0 Å². The first-order valence-electron chi connectivity index (χ1n) is 5.09. The van der Waals surface area contributed by atoms with Crippen LogP contribution in [0.1, 0.15) is 26.7 Å². The van der Waals surface area contributed by atoms with E-state index in [9.17, 15) is 0 Å². The van der Waals surface area contributed by atoms with Crippen molar-refractivity contribution in [1.82, 2.24) is 0 Å². The first-order chi connectivity index (χ1) is 6.38. The summed E-state index contributed by atoms with van der Waals surface area (Å²) < 4.78 is 0. The lowest BCUT2D eigenvalue weighted by atomic mass is 10.2. The van der Waals surface area contributed by atoms with Gasteiger partial charge in [0, 0.05) is 18.8 Å². The van der Waals surface area contributed by atoms with Gasteiger partial charge >= 0.3 is 0 Å². The molecule has 0 aliphatic heterocycles. The fourth-order valence-corrected chi connectivity index (χ4v) is 1.50. The third kappa shape index (κ3) is 3.10. The maximum Gasteiger partial charge on any atom is 0.0366 e. The fraction of sp³-hybridized carbons (Fsp3) is 0.500. The standard InChI is InChI=1S/C12H18N/c1-3-10-13(11-4-2)12-8-6-5-7-9-12/h6-9H,3-4,10-11H2,1-2H3. The van der Waals surface area contributed by atoms with E-state index in [1.54, 1.807) is 0 Å². The Bertz CT molecular complexity index is 212. The zero-order valence-corrected chi connectivity index (χ0v) is 8.59. The van der Waals surface area contributed by atoms with Gasteiger partial charge in [0.1, 0.15) is 0 Å². The number of hydrogen-bond acceptors (Lipinski definition) is 1. The smallest absolute Gasteiger partial charge is 0.0366 e. The van der Waals surface area contributed by atoms with Crippen molar-refractivity contribution in [3.63, 3.8) is 0 Å². The normalized spacial score (nSPS) is 10.0. The van der Waals surface area contributed by atoms with Crippen LogP contribution in [0, 0.1) is 6.07 Å². The molecule has 1 rings (SSSR count). The second-order valence-electron chi connectivity index (χ2n) is 3.25. The predicted octanol–water partition coefficient (Wildman–Crippen LogP) is 3.11. The van der Waals surface area contributed by atoms with E-state index in [1.807, 2.05) is 12.1 Å². The van der Waals surface area contributed by atoms with Crippen LogP contribution in [0.5, 0.6) is 0 Å². The molecule has 1 radical (unpaired) electrons. The number of rotatable bonds is 5. The van der Waals surface area contributed by atoms with Crippen molar-refractivity contribution in [2.75, 3.05) is 18.0 Å². The van der Waals surface area contributed by atoms with Crippen LogP contribution in [0.4, 0.5) is 5.69 Å². The molecule has 0 atom stereocenters. The monoisotopic (exact) mass is 176 g/mol. The molecule has 0 bridgehead atoms. The summed E-state index contributed by atoms with van der Waals surface area (Å²) >= 11 is 0. The molecule has 0 spiro atoms. The second-order valence-corrected chi connectivity index (χ2v) is 3.25. The molecule has 0 fully saturated rings. The number of anilines is 1. The Morgan fingerprint density at radius 3 is 2.08 bits per heavy atom. The lowest BCUT2D eigenvalue weighted by Gasteiger charge is -2.23. The van der Waals surface area contributed by atoms with Crippen LogP contribution in [-0.2, 0) is 0 Å². The van der Waals surface area contributed by atoms with Gasteiger partial charge in [-0.05, 0) is 31.0 Å². The Balaban J connectivity index is 2.64. The topological polar surface area (TPSA) is 3.24 Å². The molecule has 13 heavy (non-hydrogen) atoms. The summed E-state index contributed by atoms with van der Waals surface area (Å²) in [6, 6.07) is 11.3. The highest BCUT2D eigenvalue weighted by atomic mass is 15.1. The van der Waals surface area contributed by atoms with E-state index in [2.05, 4.69) is 36.9 Å². The van der Waals surface area contributed by atoms with Crippen LogP contribution in [0.3, 0.4) is 0 Å². The lowest BCUT2D eigenvalue weighted by molar-refractivity contribution is 0.745. The van der Waals surface area contributed by atoms with E-state index in [0.717, 1.165) is 13.1 Å². The minimum atomic E-state index is 1.15. The van der Waals surface area contributed by atoms with Gasteiger partial charge < -0.3 is 4.90 Å². The second kappa shape index (κ2) is 5.63. The van der Waals surface area contributed by atoms with E-state index in [-0.39, 0.29) is 0 Å². The van der Waals surface area contributed by atoms with Crippen molar-refractivity contribution in [2.24, 2.45) is 0 Å². The molecule has 0 saturated heterocycles. The fourth-order valence-electron chi connectivity index (χ4n) is 1.50. The Morgan fingerprint density at radius 2 is 1.62 bits per heavy atom. The zero-order chi connectivity index (χ0) is 9.52. The summed E-state index contributed by atoms with van der Waals surface area (Å²) in [6.45, 7) is 6.74. The van der Waals surface area contributed by atoms with Crippen LogP contribution in [0.2, 0.25) is 0 Å². The van der Waals surface area contributed by atoms with Crippen molar-refractivity contribution >= 4 is 5.69 Å². The summed E-state index contributed by atoms with van der Waals surface area (Å²) in [5.41, 5.74) is 1.32. The maximum atomic E-state index is 3.05. The third-order valence-corrected chi connectivity index (χ3v) is 2.05. The molecule has 71 valence electrons. The van der Waals surface area contributed by atoms with Crippen LogP contribution in [0.15, 0.2) is 24.3 Å². The highest BCUT2D eigenvalue weighted by Gasteiger charge is 2.01. The van der Waals surface area contributed by atoms with Crippen LogP contribution >= 0.6 is 0 Å². The van der Waals surface area contributed by atoms with E-state index in [0.29, 0.717) is 0 Å². The van der Waals surface area contributed by atoms with Crippen LogP contribution in [-0.4, -0.2) is 13.1 Å². The van der Waals surface area contributed by atoms with Crippen molar-refractivity contribution in [2.45, 2.75) is 26.7 Å². The first-order valence-corrected chi connectivity index (χ1v) is 5.09. The third-order valence-electron chi connectivity index (χ3n) is 2.05. The van der Waals surface area contributed by atoms with Crippen molar-refractivity contribution < 1.29 is 0 Å². The Morgan fingerprint density at radius 1 is 1.08 bits per heavy atom. The molecule has 0 aliphatic carbocycles. The summed E-state index contributed by atoms with van der Waals surface area (Å²) in [6.07, 6.45) is 2.41. The van der Waals surface area contributed by atoms with Crippen molar-refractivity contribution in [1.29, 1.82) is 0 Å². The molecule has 1 heteroatoms. The minimum Gasteiger partial charge on any atom is -0.372 e. The molecule has 0 heterocycles. The quantitative estimate of drug-likeness (QED) is 0.666. The van der Waals surface area contributed by atoms with Gasteiger partial charge in [-0.3, -0.25) is 0 Å². The largest absolute Gasteiger partial charge is 0.372 e. The molecule has 0 N–H and O–H groups in total. The number of hydrogen-bond donors (Lipinski definition) is 0. The van der Waals surface area contributed by atoms with E-state index in [1.165, 1.54) is 18.5 Å². The molecule has 1 nitrogen and oxygen atoms in total. The Hall–Kier alpha value is -0.980. The molecular weight excluding hydrogens is 158 g/mol. The molecule has 0 aliphatic rings. The minimum absolute atomic E-state index is 1.15. The zero-order valence-electron chi connectivity index (χ0n) is 8.59. The molecule has 0 saturated carbocycles. The Labute approximate surface area is 81.4 Å². The SMILES string of the molecule is CCCN(CCC)c1cc[c]cc1. The first kappa shape index (κ1) is 10.1. The van der Waals surface area contributed by atoms with Gasteiger partial charge in [-0.2, -0.15) is 0 Å². The molecular formula is C12H18N. The molecule has 1 aromatic rings. The molecule has 0 unspecified atom stereocenters. The van der Waals surface area contributed by atoms with E-state index < -0.39 is 0 Å². The Kier molecular flexibility index (Phi) is 4.37. The summed E-state index contributed by atoms with van der Waals surface area (Å²) in [4.78, 5) is 2.42. The van der Waals surface area contributed by atoms with Gasteiger partial charge in [0.05, 0.1) is 0 Å². The van der Waals surface area contributed by atoms with Crippen LogP contribution < -0.4 is 4.90 Å². The van der Waals surface area contributed by atoms with Gasteiger partial charge in [0.15, 0.2) is 0 Å². The highest BCUT2D eigenvalue weighted by molar-refractivity contribution is 5.45. The lowest BCUT2D eigenvalue weighted by Crippen LogP contribution is -2.24. The van der Waals surface area contributed by atoms with Gasteiger partial charge in [0.25, 0.3) is 0 Å². The number of nitrogens with zero attached hydrogens (tertiary/aromatic N) is 1. The predicted molar refractivity (Wildman–Crippen MR) is 58.1 cm³/mol. The van der Waals surface area contributed by atoms with E-state index in [4.69, 9.17) is 0 Å². The van der Waals surface area contributed by atoms with Gasteiger partial charge in [-0.15, -0.1) is 0 Å². The highest BCUT2D eigenvalue weighted by Crippen LogP contribution is 2.13. The van der Waals surface area contributed by atoms with Gasteiger partial charge in [0.2, 0.25) is 0 Å². The average Bonchev–Trinajstić information content (AvgIpc) is 2.19.